The molecular weight excluding hydrogens is 762 g/mol. The molecule has 1 unspecified atom stereocenters. The number of amides is 1. The highest BCUT2D eigenvalue weighted by Gasteiger charge is 2.49. The quantitative estimate of drug-likeness (QED) is 0.175. The molecule has 2 fully saturated rings. The lowest BCUT2D eigenvalue weighted by molar-refractivity contribution is 0.0636. The van der Waals surface area contributed by atoms with Crippen molar-refractivity contribution in [2.75, 3.05) is 43.1 Å². The molecule has 54 heavy (non-hydrogen) atoms. The molecule has 286 valence electrons. The van der Waals surface area contributed by atoms with Crippen LogP contribution in [0.4, 0.5) is 42.0 Å². The number of hydrogen-bond donors (Lipinski definition) is 1. The molecule has 0 bridgehead atoms. The Morgan fingerprint density at radius 2 is 2.04 bits per heavy atom. The zero-order valence-corrected chi connectivity index (χ0v) is 30.7. The Kier molecular flexibility index (Phi) is 9.76. The summed E-state index contributed by atoms with van der Waals surface area (Å²) < 4.78 is 108. The summed E-state index contributed by atoms with van der Waals surface area (Å²) in [5.74, 6) is -3.69. The predicted octanol–water partition coefficient (Wildman–Crippen LogP) is 8.93. The normalized spacial score (nSPS) is 21.3. The Balaban J connectivity index is 1.45. The number of carbonyl (C=O) groups is 1. The third kappa shape index (κ3) is 6.62. The van der Waals surface area contributed by atoms with Crippen molar-refractivity contribution in [3.8, 4) is 29.0 Å². The van der Waals surface area contributed by atoms with E-state index in [2.05, 4.69) is 21.9 Å². The van der Waals surface area contributed by atoms with Crippen molar-refractivity contribution in [3.05, 3.63) is 46.8 Å². The minimum Gasteiger partial charge on any atom is -0.489 e. The Bertz CT molecular complexity index is 2250. The maximum absolute atomic E-state index is 17.3. The molecule has 10 nitrogen and oxygen atoms in total. The summed E-state index contributed by atoms with van der Waals surface area (Å²) in [6.45, 7) is 7.24. The van der Waals surface area contributed by atoms with Crippen LogP contribution < -0.4 is 19.7 Å². The molecule has 0 spiro atoms. The zero-order valence-electron chi connectivity index (χ0n) is 29.2. The number of anilines is 2. The van der Waals surface area contributed by atoms with Gasteiger partial charge in [0.1, 0.15) is 65.1 Å². The maximum Gasteiger partial charge on any atom is 0.412 e. The molecule has 3 aliphatic rings. The molecule has 2 aromatic carbocycles. The number of fused-ring (bicyclic) bond motifs is 2. The Hall–Kier alpha value is -4.53. The molecule has 3 aliphatic heterocycles. The molecule has 0 saturated carbocycles. The fourth-order valence-electron chi connectivity index (χ4n) is 7.52. The van der Waals surface area contributed by atoms with Crippen LogP contribution in [-0.4, -0.2) is 83.6 Å². The fraction of sp³-hybridized carbons (Fsp3) is 0.444. The van der Waals surface area contributed by atoms with Gasteiger partial charge in [-0.25, -0.2) is 31.1 Å². The van der Waals surface area contributed by atoms with Crippen molar-refractivity contribution in [1.29, 1.82) is 5.26 Å². The average molecular weight is 795 g/mol. The van der Waals surface area contributed by atoms with Crippen LogP contribution in [0, 0.1) is 23.0 Å². The van der Waals surface area contributed by atoms with Gasteiger partial charge in [0.25, 0.3) is 6.43 Å². The monoisotopic (exact) mass is 794 g/mol. The minimum atomic E-state index is -3.02. The fourth-order valence-corrected chi connectivity index (χ4v) is 8.92. The number of nitrogens with one attached hydrogen (secondary N) is 1. The SMILES string of the molecule is C=C(F)C1COc2c(Cl)c(-c3ccc(F)c4sc(NC(=O)OC(C)(C)C)c(C#N)c34)c(F)c3nc(OC[C@@]45CCCN4C[C@H](F)C5)nc(c23)N1CC(F)F. The summed E-state index contributed by atoms with van der Waals surface area (Å²) in [6.07, 6.45) is -3.48. The first-order valence-corrected chi connectivity index (χ1v) is 18.1. The molecule has 2 saturated heterocycles. The van der Waals surface area contributed by atoms with E-state index in [1.807, 2.05) is 11.0 Å². The summed E-state index contributed by atoms with van der Waals surface area (Å²) in [6, 6.07) is 2.14. The smallest absolute Gasteiger partial charge is 0.412 e. The van der Waals surface area contributed by atoms with Gasteiger partial charge >= 0.3 is 12.1 Å². The summed E-state index contributed by atoms with van der Waals surface area (Å²) in [5, 5.41) is 11.8. The minimum absolute atomic E-state index is 0.0881. The van der Waals surface area contributed by atoms with E-state index >= 15 is 13.2 Å². The number of nitrogens with zero attached hydrogens (tertiary/aromatic N) is 5. The number of hydrogen-bond acceptors (Lipinski definition) is 10. The first-order valence-electron chi connectivity index (χ1n) is 16.9. The van der Waals surface area contributed by atoms with Gasteiger partial charge in [-0.1, -0.05) is 24.2 Å². The number of ether oxygens (including phenoxy) is 3. The average Bonchev–Trinajstić information content (AvgIpc) is 3.70. The number of thiophene rings is 1. The van der Waals surface area contributed by atoms with Gasteiger partial charge in [0.15, 0.2) is 11.6 Å². The zero-order chi connectivity index (χ0) is 38.9. The lowest BCUT2D eigenvalue weighted by atomic mass is 9.95. The van der Waals surface area contributed by atoms with E-state index in [-0.39, 0.29) is 62.7 Å². The summed E-state index contributed by atoms with van der Waals surface area (Å²) in [4.78, 5) is 24.2. The number of alkyl halides is 3. The number of aromatic nitrogens is 2. The van der Waals surface area contributed by atoms with Crippen LogP contribution in [0.3, 0.4) is 0 Å². The van der Waals surface area contributed by atoms with Crippen molar-refractivity contribution < 1.29 is 45.3 Å². The lowest BCUT2D eigenvalue weighted by Gasteiger charge is -2.31. The summed E-state index contributed by atoms with van der Waals surface area (Å²) >= 11 is 7.61. The molecular formula is C36H33ClF6N6O4S. The van der Waals surface area contributed by atoms with Crippen LogP contribution in [0.15, 0.2) is 24.5 Å². The van der Waals surface area contributed by atoms with Crippen molar-refractivity contribution >= 4 is 60.8 Å². The molecule has 1 amide bonds. The van der Waals surface area contributed by atoms with Crippen LogP contribution >= 0.6 is 22.9 Å². The van der Waals surface area contributed by atoms with Gasteiger partial charge in [-0.2, -0.15) is 15.2 Å². The van der Waals surface area contributed by atoms with E-state index in [9.17, 15) is 23.2 Å². The second-order valence-corrected chi connectivity index (χ2v) is 15.8. The highest BCUT2D eigenvalue weighted by atomic mass is 35.5. The molecule has 2 aromatic heterocycles. The summed E-state index contributed by atoms with van der Waals surface area (Å²) in [7, 11) is 0. The van der Waals surface area contributed by atoms with Gasteiger partial charge in [0.2, 0.25) is 0 Å². The Morgan fingerprint density at radius 1 is 1.28 bits per heavy atom. The molecule has 18 heteroatoms. The van der Waals surface area contributed by atoms with Gasteiger partial charge in [-0.05, 0) is 51.8 Å². The van der Waals surface area contributed by atoms with E-state index in [1.165, 1.54) is 6.07 Å². The van der Waals surface area contributed by atoms with Crippen molar-refractivity contribution in [2.24, 2.45) is 0 Å². The second kappa shape index (κ2) is 14.0. The van der Waals surface area contributed by atoms with E-state index in [4.69, 9.17) is 25.8 Å². The van der Waals surface area contributed by atoms with Gasteiger partial charge in [-0.3, -0.25) is 10.2 Å². The van der Waals surface area contributed by atoms with Crippen LogP contribution in [0.5, 0.6) is 11.8 Å². The van der Waals surface area contributed by atoms with Gasteiger partial charge in [0, 0.05) is 23.9 Å². The maximum atomic E-state index is 17.3. The summed E-state index contributed by atoms with van der Waals surface area (Å²) in [5.41, 5.74) is -2.89. The first kappa shape index (κ1) is 37.8. The third-order valence-corrected chi connectivity index (χ3v) is 11.2. The van der Waals surface area contributed by atoms with Crippen molar-refractivity contribution in [3.63, 3.8) is 0 Å². The molecule has 0 aliphatic carbocycles. The number of benzene rings is 2. The van der Waals surface area contributed by atoms with Crippen LogP contribution in [-0.2, 0) is 4.74 Å². The highest BCUT2D eigenvalue weighted by Crippen LogP contribution is 2.52. The van der Waals surface area contributed by atoms with Crippen LogP contribution in [0.25, 0.3) is 32.1 Å². The van der Waals surface area contributed by atoms with E-state index in [0.29, 0.717) is 24.3 Å². The van der Waals surface area contributed by atoms with E-state index in [0.717, 1.165) is 17.4 Å². The standard InChI is InChI=1S/C36H33ClF6N6O4S/c1-16(38)21-14-51-29-25-28(45-33(46-31(25)49(21)13-22(41)42)52-15-36-8-5-9-48(36)12-17(39)10-36)27(43)24(26(29)37)18-6-7-20(40)30-23(18)19(11-44)32(54-30)47-34(50)53-35(2,3)4/h6-7,17,21-22H,1,5,8-10,12-15H2,2-4H3,(H,47,50)/t17-,21?,36+/m1/s1. The number of nitriles is 1. The Morgan fingerprint density at radius 3 is 2.72 bits per heavy atom. The van der Waals surface area contributed by atoms with Gasteiger partial charge in [0.05, 0.1) is 32.8 Å². The molecule has 0 radical (unpaired) electrons. The molecule has 4 aromatic rings. The highest BCUT2D eigenvalue weighted by molar-refractivity contribution is 7.23. The third-order valence-electron chi connectivity index (χ3n) is 9.69. The Labute approximate surface area is 314 Å². The van der Waals surface area contributed by atoms with Crippen molar-refractivity contribution in [2.45, 2.75) is 69.8 Å². The van der Waals surface area contributed by atoms with Gasteiger partial charge < -0.3 is 19.1 Å². The molecule has 5 heterocycles. The largest absolute Gasteiger partial charge is 0.489 e. The molecule has 7 rings (SSSR count). The van der Waals surface area contributed by atoms with Gasteiger partial charge in [-0.15, -0.1) is 11.3 Å². The van der Waals surface area contributed by atoms with E-state index in [1.54, 1.807) is 20.8 Å². The molecule has 3 atom stereocenters. The number of carbonyl (C=O) groups excluding carboxylic acids is 1. The number of rotatable bonds is 8. The van der Waals surface area contributed by atoms with E-state index < -0.39 is 88.6 Å². The lowest BCUT2D eigenvalue weighted by Crippen LogP contribution is -2.44. The second-order valence-electron chi connectivity index (χ2n) is 14.4. The topological polar surface area (TPSA) is 113 Å². The first-order chi connectivity index (χ1) is 25.5. The number of halogens is 7. The van der Waals surface area contributed by atoms with Crippen molar-refractivity contribution in [1.82, 2.24) is 14.9 Å². The van der Waals surface area contributed by atoms with Crippen LogP contribution in [0.1, 0.15) is 45.6 Å². The van der Waals surface area contributed by atoms with Crippen LogP contribution in [0.2, 0.25) is 5.02 Å². The molecule has 1 N–H and O–H groups in total. The predicted molar refractivity (Wildman–Crippen MR) is 191 cm³/mol.